The van der Waals surface area contributed by atoms with Gasteiger partial charge in [0.2, 0.25) is 0 Å². The summed E-state index contributed by atoms with van der Waals surface area (Å²) in [5, 5.41) is 8.85. The summed E-state index contributed by atoms with van der Waals surface area (Å²) in [6.07, 6.45) is 4.61. The number of aliphatic hydroxyl groups is 1. The van der Waals surface area contributed by atoms with E-state index in [-0.39, 0.29) is 24.4 Å². The summed E-state index contributed by atoms with van der Waals surface area (Å²) in [5.41, 5.74) is 6.47. The van der Waals surface area contributed by atoms with Crippen LogP contribution < -0.4 is 5.73 Å². The minimum atomic E-state index is -0.340. The van der Waals surface area contributed by atoms with Crippen LogP contribution in [-0.4, -0.2) is 17.8 Å². The van der Waals surface area contributed by atoms with Gasteiger partial charge in [0.15, 0.2) is 0 Å². The monoisotopic (exact) mass is 199 g/mol. The van der Waals surface area contributed by atoms with Gasteiger partial charge < -0.3 is 10.8 Å². The molecule has 2 nitrogen and oxygen atoms in total. The van der Waals surface area contributed by atoms with E-state index in [1.807, 2.05) is 6.92 Å². The van der Waals surface area contributed by atoms with Gasteiger partial charge in [-0.2, -0.15) is 0 Å². The van der Waals surface area contributed by atoms with Crippen LogP contribution in [0.3, 0.4) is 0 Å². The fraction of sp³-hybridized carbons (Fsp3) is 0.455. The quantitative estimate of drug-likeness (QED) is 0.664. The average molecular weight is 199 g/mol. The van der Waals surface area contributed by atoms with E-state index in [9.17, 15) is 4.39 Å². The molecule has 0 heterocycles. The molecule has 0 aromatic heterocycles. The van der Waals surface area contributed by atoms with Gasteiger partial charge in [-0.05, 0) is 24.5 Å². The minimum Gasteiger partial charge on any atom is -0.395 e. The van der Waals surface area contributed by atoms with E-state index in [1.165, 1.54) is 13.0 Å². The van der Waals surface area contributed by atoms with Crippen molar-refractivity contribution < 1.29 is 9.50 Å². The molecule has 80 valence electrons. The smallest absolute Gasteiger partial charge is 0.0968 e. The predicted molar refractivity (Wildman–Crippen MR) is 57.4 cm³/mol. The van der Waals surface area contributed by atoms with Crippen molar-refractivity contribution in [1.82, 2.24) is 0 Å². The first kappa shape index (κ1) is 13.1. The second-order valence-corrected chi connectivity index (χ2v) is 3.26. The van der Waals surface area contributed by atoms with Crippen molar-refractivity contribution in [3.05, 3.63) is 36.2 Å². The normalized spacial score (nSPS) is 17.8. The highest BCUT2D eigenvalue weighted by molar-refractivity contribution is 5.26. The summed E-state index contributed by atoms with van der Waals surface area (Å²) in [7, 11) is 0. The third-order valence-corrected chi connectivity index (χ3v) is 2.12. The molecule has 2 unspecified atom stereocenters. The summed E-state index contributed by atoms with van der Waals surface area (Å²) in [6, 6.07) is -0.340. The van der Waals surface area contributed by atoms with E-state index < -0.39 is 0 Å². The Labute approximate surface area is 84.6 Å². The molecule has 0 aliphatic carbocycles. The molecule has 0 rings (SSSR count). The average Bonchev–Trinajstić information content (AvgIpc) is 2.16. The highest BCUT2D eigenvalue weighted by atomic mass is 19.1. The molecule has 2 atom stereocenters. The third-order valence-electron chi connectivity index (χ3n) is 2.12. The van der Waals surface area contributed by atoms with Crippen LogP contribution in [-0.2, 0) is 0 Å². The Morgan fingerprint density at radius 1 is 1.57 bits per heavy atom. The van der Waals surface area contributed by atoms with Gasteiger partial charge in [0.1, 0.15) is 0 Å². The molecule has 3 N–H and O–H groups in total. The second-order valence-electron chi connectivity index (χ2n) is 3.26. The number of hydrogen-bond donors (Lipinski definition) is 2. The second kappa shape index (κ2) is 6.51. The number of nitrogens with two attached hydrogens (primary N) is 1. The Hall–Kier alpha value is -0.930. The molecule has 14 heavy (non-hydrogen) atoms. The van der Waals surface area contributed by atoms with Crippen molar-refractivity contribution in [2.24, 2.45) is 11.7 Å². The van der Waals surface area contributed by atoms with Gasteiger partial charge in [-0.25, -0.2) is 4.39 Å². The zero-order valence-corrected chi connectivity index (χ0v) is 8.70. The molecule has 3 heteroatoms. The van der Waals surface area contributed by atoms with Crippen LogP contribution in [0.15, 0.2) is 36.2 Å². The van der Waals surface area contributed by atoms with Crippen LogP contribution in [0.5, 0.6) is 0 Å². The Morgan fingerprint density at radius 3 is 2.50 bits per heavy atom. The van der Waals surface area contributed by atoms with Gasteiger partial charge in [0.05, 0.1) is 12.4 Å². The number of hydrogen-bond acceptors (Lipinski definition) is 2. The lowest BCUT2D eigenvalue weighted by Gasteiger charge is -2.18. The fourth-order valence-corrected chi connectivity index (χ4v) is 1.02. The van der Waals surface area contributed by atoms with Gasteiger partial charge in [-0.1, -0.05) is 25.7 Å². The Morgan fingerprint density at radius 2 is 2.14 bits per heavy atom. The summed E-state index contributed by atoms with van der Waals surface area (Å²) >= 11 is 0. The van der Waals surface area contributed by atoms with E-state index in [4.69, 9.17) is 10.8 Å². The van der Waals surface area contributed by atoms with Crippen LogP contribution in [0.1, 0.15) is 13.8 Å². The first-order valence-corrected chi connectivity index (χ1v) is 4.55. The van der Waals surface area contributed by atoms with Crippen molar-refractivity contribution in [2.45, 2.75) is 19.9 Å². The van der Waals surface area contributed by atoms with Crippen molar-refractivity contribution >= 4 is 0 Å². The highest BCUT2D eigenvalue weighted by Gasteiger charge is 2.13. The van der Waals surface area contributed by atoms with E-state index in [0.717, 1.165) is 5.57 Å². The summed E-state index contributed by atoms with van der Waals surface area (Å²) in [5.74, 6) is -0.304. The molecule has 0 aliphatic rings. The van der Waals surface area contributed by atoms with Gasteiger partial charge >= 0.3 is 0 Å². The fourth-order valence-electron chi connectivity index (χ4n) is 1.02. The van der Waals surface area contributed by atoms with Crippen LogP contribution >= 0.6 is 0 Å². The molecule has 0 aliphatic heterocycles. The number of rotatable bonds is 5. The summed E-state index contributed by atoms with van der Waals surface area (Å²) in [6.45, 7) is 6.77. The molecule has 0 spiro atoms. The van der Waals surface area contributed by atoms with Crippen molar-refractivity contribution in [2.75, 3.05) is 6.61 Å². The molecule has 0 saturated carbocycles. The zero-order chi connectivity index (χ0) is 11.1. The number of halogens is 1. The Kier molecular flexibility index (Phi) is 6.08. The van der Waals surface area contributed by atoms with Gasteiger partial charge in [-0.3, -0.25) is 0 Å². The van der Waals surface area contributed by atoms with E-state index in [1.54, 1.807) is 12.2 Å². The maximum atomic E-state index is 12.4. The molecule has 0 fully saturated rings. The molecular formula is C11H18FNO. The molecule has 0 saturated heterocycles. The van der Waals surface area contributed by atoms with E-state index in [2.05, 4.69) is 6.58 Å². The molecule has 0 radical (unpaired) electrons. The lowest BCUT2D eigenvalue weighted by molar-refractivity contribution is 0.244. The number of allylic oxidation sites excluding steroid dienone is 4. The van der Waals surface area contributed by atoms with E-state index >= 15 is 0 Å². The summed E-state index contributed by atoms with van der Waals surface area (Å²) in [4.78, 5) is 0. The Bertz CT molecular complexity index is 242. The maximum absolute atomic E-state index is 12.4. The molecule has 0 bridgehead atoms. The molecule has 0 amide bonds. The van der Waals surface area contributed by atoms with Crippen LogP contribution in [0, 0.1) is 5.92 Å². The van der Waals surface area contributed by atoms with Crippen LogP contribution in [0.2, 0.25) is 0 Å². The minimum absolute atomic E-state index is 0.0342. The van der Waals surface area contributed by atoms with E-state index in [0.29, 0.717) is 0 Å². The highest BCUT2D eigenvalue weighted by Crippen LogP contribution is 2.15. The largest absolute Gasteiger partial charge is 0.395 e. The molecule has 0 aromatic rings. The number of aliphatic hydroxyl groups excluding tert-OH is 1. The lowest BCUT2D eigenvalue weighted by atomic mass is 9.93. The Balaban J connectivity index is 4.63. The van der Waals surface area contributed by atoms with Crippen molar-refractivity contribution in [3.8, 4) is 0 Å². The van der Waals surface area contributed by atoms with Crippen molar-refractivity contribution in [3.63, 3.8) is 0 Å². The van der Waals surface area contributed by atoms with Crippen LogP contribution in [0.25, 0.3) is 0 Å². The molecular weight excluding hydrogens is 181 g/mol. The third kappa shape index (κ3) is 4.35. The first-order chi connectivity index (χ1) is 6.52. The van der Waals surface area contributed by atoms with Crippen LogP contribution in [0.4, 0.5) is 4.39 Å². The topological polar surface area (TPSA) is 46.2 Å². The first-order valence-electron chi connectivity index (χ1n) is 4.55. The van der Waals surface area contributed by atoms with Crippen molar-refractivity contribution in [1.29, 1.82) is 0 Å². The van der Waals surface area contributed by atoms with Gasteiger partial charge in [0.25, 0.3) is 0 Å². The van der Waals surface area contributed by atoms with Gasteiger partial charge in [-0.15, -0.1) is 0 Å². The SMILES string of the molecule is C=C/C(=C\C=C(/C)F)C(C)C(N)CO. The summed E-state index contributed by atoms with van der Waals surface area (Å²) < 4.78 is 12.4. The predicted octanol–water partition coefficient (Wildman–Crippen LogP) is 1.93. The van der Waals surface area contributed by atoms with Gasteiger partial charge in [0, 0.05) is 6.04 Å². The zero-order valence-electron chi connectivity index (χ0n) is 8.70. The molecule has 0 aromatic carbocycles. The lowest BCUT2D eigenvalue weighted by Crippen LogP contribution is -2.32. The standard InChI is InChI=1S/C11H18FNO/c1-4-10(6-5-8(2)12)9(3)11(13)7-14/h4-6,9,11,14H,1,7,13H2,2-3H3/b8-5+,10-6+. The maximum Gasteiger partial charge on any atom is 0.0968 e.